The van der Waals surface area contributed by atoms with Gasteiger partial charge in [-0.1, -0.05) is 35.0 Å². The quantitative estimate of drug-likeness (QED) is 0.375. The molecule has 5 nitrogen and oxygen atoms in total. The lowest BCUT2D eigenvalue weighted by Crippen LogP contribution is -2.48. The molecule has 1 aliphatic heterocycles. The van der Waals surface area contributed by atoms with Crippen LogP contribution in [0.5, 0.6) is 0 Å². The van der Waals surface area contributed by atoms with E-state index in [2.05, 4.69) is 45.2 Å². The topological polar surface area (TPSA) is 47.9 Å². The first-order valence-electron chi connectivity index (χ1n) is 8.43. The average Bonchev–Trinajstić information content (AvgIpc) is 2.57. The van der Waals surface area contributed by atoms with Crippen LogP contribution in [0.25, 0.3) is 0 Å². The molecule has 7 heteroatoms. The minimum atomic E-state index is 0. The van der Waals surface area contributed by atoms with Gasteiger partial charge in [0.2, 0.25) is 5.91 Å². The molecule has 0 bridgehead atoms. The van der Waals surface area contributed by atoms with Crippen LogP contribution in [0, 0.1) is 5.92 Å². The van der Waals surface area contributed by atoms with E-state index in [1.807, 2.05) is 12.1 Å². The van der Waals surface area contributed by atoms with E-state index in [-0.39, 0.29) is 36.4 Å². The number of rotatable bonds is 4. The number of carbonyl (C=O) groups is 1. The van der Waals surface area contributed by atoms with Gasteiger partial charge >= 0.3 is 0 Å². The molecule has 0 unspecified atom stereocenters. The van der Waals surface area contributed by atoms with Crippen molar-refractivity contribution in [1.29, 1.82) is 0 Å². The van der Waals surface area contributed by atoms with Gasteiger partial charge < -0.3 is 15.1 Å². The summed E-state index contributed by atoms with van der Waals surface area (Å²) in [6, 6.07) is 8.18. The van der Waals surface area contributed by atoms with Crippen molar-refractivity contribution in [2.45, 2.75) is 26.3 Å². The van der Waals surface area contributed by atoms with Gasteiger partial charge in [0.25, 0.3) is 0 Å². The lowest BCUT2D eigenvalue weighted by Gasteiger charge is -2.33. The summed E-state index contributed by atoms with van der Waals surface area (Å²) in [5.41, 5.74) is 1.15. The maximum absolute atomic E-state index is 11.9. The Kier molecular flexibility index (Phi) is 9.78. The highest BCUT2D eigenvalue weighted by Crippen LogP contribution is 2.16. The number of hydrogen-bond acceptors (Lipinski definition) is 2. The van der Waals surface area contributed by atoms with Gasteiger partial charge in [0, 0.05) is 31.7 Å². The first-order valence-corrected chi connectivity index (χ1v) is 9.23. The number of hydrogen-bond donors (Lipinski definition) is 1. The molecule has 0 aromatic heterocycles. The van der Waals surface area contributed by atoms with Crippen LogP contribution in [0.2, 0.25) is 0 Å². The number of nitrogens with one attached hydrogen (secondary N) is 1. The van der Waals surface area contributed by atoms with E-state index in [0.29, 0.717) is 6.54 Å². The predicted octanol–water partition coefficient (Wildman–Crippen LogP) is 3.33. The van der Waals surface area contributed by atoms with Crippen molar-refractivity contribution in [3.05, 3.63) is 34.3 Å². The molecular formula is C18H28BrIN4O. The molecule has 1 aromatic rings. The van der Waals surface area contributed by atoms with Crippen LogP contribution < -0.4 is 5.32 Å². The molecule has 0 spiro atoms. The average molecular weight is 523 g/mol. The van der Waals surface area contributed by atoms with Crippen LogP contribution >= 0.6 is 39.9 Å². The van der Waals surface area contributed by atoms with Gasteiger partial charge in [0.1, 0.15) is 0 Å². The summed E-state index contributed by atoms with van der Waals surface area (Å²) in [5.74, 6) is 1.65. The fraction of sp³-hybridized carbons (Fsp3) is 0.556. The van der Waals surface area contributed by atoms with Crippen molar-refractivity contribution in [2.24, 2.45) is 10.9 Å². The summed E-state index contributed by atoms with van der Waals surface area (Å²) in [6.07, 6.45) is 2.33. The number of amides is 1. The summed E-state index contributed by atoms with van der Waals surface area (Å²) in [7, 11) is 3.54. The molecule has 2 rings (SSSR count). The Balaban J connectivity index is 0.00000312. The van der Waals surface area contributed by atoms with Crippen molar-refractivity contribution in [2.75, 3.05) is 33.7 Å². The number of piperidine rings is 1. The Morgan fingerprint density at radius 3 is 2.44 bits per heavy atom. The van der Waals surface area contributed by atoms with Crippen LogP contribution in [0.1, 0.15) is 25.3 Å². The molecule has 25 heavy (non-hydrogen) atoms. The smallest absolute Gasteiger partial charge is 0.241 e. The van der Waals surface area contributed by atoms with E-state index in [1.165, 1.54) is 12.8 Å². The number of nitrogens with zero attached hydrogens (tertiary/aromatic N) is 3. The largest absolute Gasteiger partial charge is 0.347 e. The Morgan fingerprint density at radius 1 is 1.28 bits per heavy atom. The summed E-state index contributed by atoms with van der Waals surface area (Å²) in [5, 5.41) is 3.24. The second-order valence-electron chi connectivity index (χ2n) is 6.58. The summed E-state index contributed by atoms with van der Waals surface area (Å²) < 4.78 is 1.06. The first kappa shape index (κ1) is 22.2. The van der Waals surface area contributed by atoms with E-state index in [1.54, 1.807) is 19.0 Å². The van der Waals surface area contributed by atoms with Crippen molar-refractivity contribution in [3.63, 3.8) is 0 Å². The summed E-state index contributed by atoms with van der Waals surface area (Å²) in [6.45, 7) is 5.15. The van der Waals surface area contributed by atoms with Crippen molar-refractivity contribution < 1.29 is 4.79 Å². The van der Waals surface area contributed by atoms with Crippen LogP contribution in [0.15, 0.2) is 33.7 Å². The minimum Gasteiger partial charge on any atom is -0.347 e. The molecular weight excluding hydrogens is 495 g/mol. The Bertz CT molecular complexity index is 569. The zero-order chi connectivity index (χ0) is 17.5. The molecule has 1 fully saturated rings. The molecule has 1 amide bonds. The number of guanidine groups is 1. The molecule has 1 aromatic carbocycles. The third-order valence-corrected chi connectivity index (χ3v) is 4.83. The fourth-order valence-corrected chi connectivity index (χ4v) is 2.82. The van der Waals surface area contributed by atoms with Gasteiger partial charge in [-0.2, -0.15) is 0 Å². The van der Waals surface area contributed by atoms with E-state index in [9.17, 15) is 4.79 Å². The fourth-order valence-electron chi connectivity index (χ4n) is 2.56. The van der Waals surface area contributed by atoms with E-state index >= 15 is 0 Å². The predicted molar refractivity (Wildman–Crippen MR) is 117 cm³/mol. The molecule has 0 radical (unpaired) electrons. The van der Waals surface area contributed by atoms with Crippen molar-refractivity contribution >= 4 is 51.8 Å². The third-order valence-electron chi connectivity index (χ3n) is 4.30. The monoisotopic (exact) mass is 522 g/mol. The van der Waals surface area contributed by atoms with E-state index in [0.717, 1.165) is 35.0 Å². The molecule has 140 valence electrons. The number of likely N-dealkylation sites (N-methyl/N-ethyl adjacent to an activating group) is 1. The van der Waals surface area contributed by atoms with E-state index in [4.69, 9.17) is 4.99 Å². The normalized spacial score (nSPS) is 15.5. The van der Waals surface area contributed by atoms with Gasteiger partial charge in [0.05, 0.1) is 13.1 Å². The van der Waals surface area contributed by atoms with Crippen molar-refractivity contribution in [1.82, 2.24) is 15.1 Å². The lowest BCUT2D eigenvalue weighted by atomic mass is 9.99. The van der Waals surface area contributed by atoms with Crippen LogP contribution in [0.4, 0.5) is 0 Å². The molecule has 1 N–H and O–H groups in total. The Morgan fingerprint density at radius 2 is 1.88 bits per heavy atom. The van der Waals surface area contributed by atoms with E-state index < -0.39 is 0 Å². The summed E-state index contributed by atoms with van der Waals surface area (Å²) >= 11 is 3.45. The first-order chi connectivity index (χ1) is 11.5. The highest BCUT2D eigenvalue weighted by Gasteiger charge is 2.19. The van der Waals surface area contributed by atoms with Crippen LogP contribution in [-0.4, -0.2) is 55.4 Å². The molecule has 1 aliphatic rings. The Hall–Kier alpha value is -0.830. The second-order valence-corrected chi connectivity index (χ2v) is 7.49. The number of likely N-dealkylation sites (tertiary alicyclic amines) is 1. The highest BCUT2D eigenvalue weighted by molar-refractivity contribution is 14.0. The zero-order valence-corrected chi connectivity index (χ0v) is 19.1. The summed E-state index contributed by atoms with van der Waals surface area (Å²) in [4.78, 5) is 20.5. The lowest BCUT2D eigenvalue weighted by molar-refractivity contribution is -0.127. The molecule has 1 heterocycles. The third kappa shape index (κ3) is 7.52. The van der Waals surface area contributed by atoms with Gasteiger partial charge in [-0.3, -0.25) is 4.79 Å². The molecule has 0 aliphatic carbocycles. The standard InChI is InChI=1S/C18H27BrN4O.HI/c1-14-8-10-23(11-9-14)18(21-13-17(24)22(2)3)20-12-15-4-6-16(19)7-5-15;/h4-7,14H,8-13H2,1-3H3,(H,20,21);1H. The maximum atomic E-state index is 11.9. The van der Waals surface area contributed by atoms with Gasteiger partial charge in [-0.15, -0.1) is 24.0 Å². The van der Waals surface area contributed by atoms with Crippen LogP contribution in [0.3, 0.4) is 0 Å². The van der Waals surface area contributed by atoms with Crippen LogP contribution in [-0.2, 0) is 11.3 Å². The number of aliphatic imine (C=N–C) groups is 1. The molecule has 0 atom stereocenters. The highest BCUT2D eigenvalue weighted by atomic mass is 127. The molecule has 1 saturated heterocycles. The zero-order valence-electron chi connectivity index (χ0n) is 15.2. The van der Waals surface area contributed by atoms with Gasteiger partial charge in [0.15, 0.2) is 5.96 Å². The minimum absolute atomic E-state index is 0. The second kappa shape index (κ2) is 11.0. The number of carbonyl (C=O) groups excluding carboxylic acids is 1. The molecule has 0 saturated carbocycles. The number of benzene rings is 1. The number of halogens is 2. The van der Waals surface area contributed by atoms with Gasteiger partial charge in [-0.25, -0.2) is 4.99 Å². The maximum Gasteiger partial charge on any atom is 0.241 e. The van der Waals surface area contributed by atoms with Gasteiger partial charge in [-0.05, 0) is 36.5 Å². The van der Waals surface area contributed by atoms with Crippen molar-refractivity contribution in [3.8, 4) is 0 Å². The SMILES string of the molecule is CC1CCN(C(=NCc2ccc(Br)cc2)NCC(=O)N(C)C)CC1.I. The Labute approximate surface area is 176 Å².